The van der Waals surface area contributed by atoms with Crippen molar-refractivity contribution >= 4 is 17.7 Å². The zero-order valence-corrected chi connectivity index (χ0v) is 15.2. The number of nitrogens with zero attached hydrogens (tertiary/aromatic N) is 4. The van der Waals surface area contributed by atoms with Gasteiger partial charge in [0, 0.05) is 30.5 Å². The Hall–Kier alpha value is -1.08. The third-order valence-electron chi connectivity index (χ3n) is 4.05. The van der Waals surface area contributed by atoms with Gasteiger partial charge in [-0.2, -0.15) is 11.8 Å². The molecule has 1 N–H and O–H groups in total. The summed E-state index contributed by atoms with van der Waals surface area (Å²) in [6.07, 6.45) is 6.07. The topological polar surface area (TPSA) is 71.2 Å². The molecule has 23 heavy (non-hydrogen) atoms. The minimum Gasteiger partial charge on any atom is -0.388 e. The van der Waals surface area contributed by atoms with Crippen LogP contribution in [0, 0.1) is 0 Å². The van der Waals surface area contributed by atoms with Crippen molar-refractivity contribution in [3.8, 4) is 0 Å². The van der Waals surface area contributed by atoms with E-state index in [1.54, 1.807) is 17.1 Å². The summed E-state index contributed by atoms with van der Waals surface area (Å²) in [6.45, 7) is 8.27. The average molecular weight is 340 g/mol. The highest BCUT2D eigenvalue weighted by molar-refractivity contribution is 8.00. The van der Waals surface area contributed by atoms with Gasteiger partial charge in [0.25, 0.3) is 0 Å². The van der Waals surface area contributed by atoms with Gasteiger partial charge in [0.05, 0.1) is 18.3 Å². The number of hydrogen-bond donors (Lipinski definition) is 1. The number of piperidine rings is 1. The van der Waals surface area contributed by atoms with Gasteiger partial charge in [-0.3, -0.25) is 4.79 Å². The molecule has 1 aromatic rings. The Bertz CT molecular complexity index is 491. The molecule has 2 heterocycles. The number of carbonyl (C=O) groups excluding carboxylic acids is 1. The molecule has 1 saturated heterocycles. The number of amides is 1. The lowest BCUT2D eigenvalue weighted by molar-refractivity contribution is -0.135. The van der Waals surface area contributed by atoms with E-state index in [1.807, 2.05) is 16.7 Å². The second kappa shape index (κ2) is 7.66. The van der Waals surface area contributed by atoms with Crippen molar-refractivity contribution in [2.75, 3.05) is 18.8 Å². The summed E-state index contributed by atoms with van der Waals surface area (Å²) in [6, 6.07) is 0. The molecule has 7 heteroatoms. The fraction of sp³-hybridized carbons (Fsp3) is 0.812. The quantitative estimate of drug-likeness (QED) is 0.802. The highest BCUT2D eigenvalue weighted by atomic mass is 32.2. The summed E-state index contributed by atoms with van der Waals surface area (Å²) in [5, 5.41) is 18.3. The zero-order valence-electron chi connectivity index (χ0n) is 14.4. The Balaban J connectivity index is 1.70. The molecule has 6 nitrogen and oxygen atoms in total. The highest BCUT2D eigenvalue weighted by Gasteiger charge is 2.34. The molecule has 0 bridgehead atoms. The Morgan fingerprint density at radius 2 is 2.04 bits per heavy atom. The Morgan fingerprint density at radius 1 is 1.35 bits per heavy atom. The molecule has 130 valence electrons. The van der Waals surface area contributed by atoms with Gasteiger partial charge in [-0.1, -0.05) is 26.0 Å². The van der Waals surface area contributed by atoms with E-state index in [1.165, 1.54) is 0 Å². The monoisotopic (exact) mass is 340 g/mol. The van der Waals surface area contributed by atoms with Crippen LogP contribution in [0.4, 0.5) is 0 Å². The minimum atomic E-state index is -0.785. The van der Waals surface area contributed by atoms with Crippen molar-refractivity contribution in [1.82, 2.24) is 19.9 Å². The molecule has 1 fully saturated rings. The summed E-state index contributed by atoms with van der Waals surface area (Å²) in [5.74, 6) is 1.22. The van der Waals surface area contributed by atoms with E-state index < -0.39 is 5.60 Å². The second-order valence-corrected chi connectivity index (χ2v) is 9.19. The molecule has 0 aromatic carbocycles. The molecule has 0 unspecified atom stereocenters. The maximum Gasteiger partial charge on any atom is 0.222 e. The van der Waals surface area contributed by atoms with Crippen molar-refractivity contribution in [3.63, 3.8) is 0 Å². The number of aliphatic hydroxyl groups is 1. The lowest BCUT2D eigenvalue weighted by atomic mass is 9.91. The number of hydrogen-bond acceptors (Lipinski definition) is 5. The SMILES string of the molecule is CC(C)(C)SCCCC(=O)N1CCC(O)(Cn2ccnn2)CC1. The first kappa shape index (κ1) is 18.3. The van der Waals surface area contributed by atoms with E-state index >= 15 is 0 Å². The van der Waals surface area contributed by atoms with Gasteiger partial charge >= 0.3 is 0 Å². The maximum atomic E-state index is 12.3. The second-order valence-electron chi connectivity index (χ2n) is 7.27. The minimum absolute atomic E-state index is 0.210. The van der Waals surface area contributed by atoms with Crippen LogP contribution >= 0.6 is 11.8 Å². The fourth-order valence-electron chi connectivity index (χ4n) is 2.71. The van der Waals surface area contributed by atoms with E-state index in [9.17, 15) is 9.90 Å². The van der Waals surface area contributed by atoms with Gasteiger partial charge in [-0.25, -0.2) is 4.68 Å². The van der Waals surface area contributed by atoms with Crippen LogP contribution in [-0.2, 0) is 11.3 Å². The van der Waals surface area contributed by atoms with E-state index in [0.717, 1.165) is 12.2 Å². The van der Waals surface area contributed by atoms with Gasteiger partial charge < -0.3 is 10.0 Å². The third kappa shape index (κ3) is 6.14. The van der Waals surface area contributed by atoms with Gasteiger partial charge in [0.2, 0.25) is 5.91 Å². The molecule has 0 aliphatic carbocycles. The summed E-state index contributed by atoms with van der Waals surface area (Å²) in [4.78, 5) is 14.1. The molecule has 0 atom stereocenters. The molecule has 1 aliphatic rings. The van der Waals surface area contributed by atoms with Crippen molar-refractivity contribution in [2.24, 2.45) is 0 Å². The molecule has 1 aromatic heterocycles. The molecule has 1 aliphatic heterocycles. The fourth-order valence-corrected chi connectivity index (χ4v) is 3.61. The van der Waals surface area contributed by atoms with Crippen LogP contribution in [0.2, 0.25) is 0 Å². The smallest absolute Gasteiger partial charge is 0.222 e. The summed E-state index contributed by atoms with van der Waals surface area (Å²) >= 11 is 1.90. The standard InChI is InChI=1S/C16H28N4O2S/c1-15(2,3)23-12-4-5-14(21)19-9-6-16(22,7-10-19)13-20-11-8-17-18-20/h8,11,22H,4-7,9-10,12-13H2,1-3H3. The van der Waals surface area contributed by atoms with Gasteiger partial charge in [-0.15, -0.1) is 5.10 Å². The summed E-state index contributed by atoms with van der Waals surface area (Å²) < 4.78 is 1.91. The van der Waals surface area contributed by atoms with Crippen LogP contribution in [-0.4, -0.2) is 60.1 Å². The van der Waals surface area contributed by atoms with Gasteiger partial charge in [0.15, 0.2) is 0 Å². The van der Waals surface area contributed by atoms with Crippen LogP contribution < -0.4 is 0 Å². The molecule has 0 radical (unpaired) electrons. The van der Waals surface area contributed by atoms with Crippen LogP contribution in [0.3, 0.4) is 0 Å². The average Bonchev–Trinajstić information content (AvgIpc) is 2.95. The molecule has 0 spiro atoms. The molecule has 2 rings (SSSR count). The summed E-state index contributed by atoms with van der Waals surface area (Å²) in [5.41, 5.74) is -0.785. The Labute approximate surface area is 142 Å². The van der Waals surface area contributed by atoms with Crippen molar-refractivity contribution in [2.45, 2.75) is 63.3 Å². The van der Waals surface area contributed by atoms with Crippen LogP contribution in [0.1, 0.15) is 46.5 Å². The lowest BCUT2D eigenvalue weighted by Crippen LogP contribution is -2.48. The van der Waals surface area contributed by atoms with Gasteiger partial charge in [0.1, 0.15) is 0 Å². The first-order valence-electron chi connectivity index (χ1n) is 8.26. The first-order chi connectivity index (χ1) is 10.8. The van der Waals surface area contributed by atoms with E-state index in [4.69, 9.17) is 0 Å². The van der Waals surface area contributed by atoms with Crippen molar-refractivity contribution in [3.05, 3.63) is 12.4 Å². The molecular formula is C16H28N4O2S. The maximum absolute atomic E-state index is 12.3. The van der Waals surface area contributed by atoms with E-state index in [2.05, 4.69) is 31.1 Å². The summed E-state index contributed by atoms with van der Waals surface area (Å²) in [7, 11) is 0. The van der Waals surface area contributed by atoms with Crippen molar-refractivity contribution < 1.29 is 9.90 Å². The molecular weight excluding hydrogens is 312 g/mol. The number of aromatic nitrogens is 3. The van der Waals surface area contributed by atoms with E-state index in [-0.39, 0.29) is 10.7 Å². The van der Waals surface area contributed by atoms with Crippen LogP contribution in [0.25, 0.3) is 0 Å². The van der Waals surface area contributed by atoms with Crippen molar-refractivity contribution in [1.29, 1.82) is 0 Å². The number of likely N-dealkylation sites (tertiary alicyclic amines) is 1. The molecule has 0 saturated carbocycles. The Kier molecular flexibility index (Phi) is 6.08. The molecule has 1 amide bonds. The lowest BCUT2D eigenvalue weighted by Gasteiger charge is -2.38. The zero-order chi connectivity index (χ0) is 16.9. The normalized spacial score (nSPS) is 18.2. The highest BCUT2D eigenvalue weighted by Crippen LogP contribution is 2.26. The van der Waals surface area contributed by atoms with Crippen LogP contribution in [0.15, 0.2) is 12.4 Å². The largest absolute Gasteiger partial charge is 0.388 e. The van der Waals surface area contributed by atoms with E-state index in [0.29, 0.717) is 38.9 Å². The number of thioether (sulfide) groups is 1. The predicted octanol–water partition coefficient (Wildman–Crippen LogP) is 1.94. The number of rotatable bonds is 6. The first-order valence-corrected chi connectivity index (χ1v) is 9.24. The third-order valence-corrected chi connectivity index (χ3v) is 5.40. The van der Waals surface area contributed by atoms with Crippen LogP contribution in [0.5, 0.6) is 0 Å². The van der Waals surface area contributed by atoms with Gasteiger partial charge in [-0.05, 0) is 25.0 Å². The number of carbonyl (C=O) groups is 1. The predicted molar refractivity (Wildman–Crippen MR) is 92.2 cm³/mol. The Morgan fingerprint density at radius 3 is 2.61 bits per heavy atom.